The molecule has 1 aromatic carbocycles. The summed E-state index contributed by atoms with van der Waals surface area (Å²) in [5, 5.41) is 10.4. The molecule has 24 heavy (non-hydrogen) atoms. The normalized spacial score (nSPS) is 11.4. The summed E-state index contributed by atoms with van der Waals surface area (Å²) in [5.74, 6) is 1.73. The van der Waals surface area contributed by atoms with Gasteiger partial charge in [0, 0.05) is 48.7 Å². The first kappa shape index (κ1) is 18.9. The smallest absolute Gasteiger partial charge is 0.191 e. The lowest BCUT2D eigenvalue weighted by Crippen LogP contribution is -2.38. The summed E-state index contributed by atoms with van der Waals surface area (Å²) in [4.78, 5) is 12.0. The Morgan fingerprint density at radius 2 is 2.04 bits per heavy atom. The highest BCUT2D eigenvalue weighted by Gasteiger charge is 2.04. The molecule has 1 heterocycles. The predicted molar refractivity (Wildman–Crippen MR) is 107 cm³/mol. The number of hydrogen-bond acceptors (Lipinski definition) is 5. The fraction of sp³-hybridized carbons (Fsp3) is 0.375. The van der Waals surface area contributed by atoms with Crippen molar-refractivity contribution in [3.05, 3.63) is 40.4 Å². The maximum Gasteiger partial charge on any atom is 0.191 e. The highest BCUT2D eigenvalue weighted by molar-refractivity contribution is 7.99. The number of aliphatic imine (C=N–C) groups is 1. The number of halogens is 1. The molecule has 0 aliphatic rings. The molecule has 0 aliphatic carbocycles. The molecule has 0 saturated carbocycles. The van der Waals surface area contributed by atoms with Crippen LogP contribution >= 0.6 is 34.7 Å². The quantitative estimate of drug-likeness (QED) is 0.332. The summed E-state index contributed by atoms with van der Waals surface area (Å²) in [6, 6.07) is 7.89. The van der Waals surface area contributed by atoms with Crippen LogP contribution in [0.4, 0.5) is 5.13 Å². The zero-order chi connectivity index (χ0) is 17.4. The van der Waals surface area contributed by atoms with Crippen molar-refractivity contribution in [2.45, 2.75) is 11.4 Å². The molecule has 2 N–H and O–H groups in total. The average Bonchev–Trinajstić information content (AvgIpc) is 3.05. The van der Waals surface area contributed by atoms with E-state index in [1.165, 1.54) is 4.90 Å². The van der Waals surface area contributed by atoms with E-state index in [-0.39, 0.29) is 0 Å². The maximum atomic E-state index is 5.88. The Balaban J connectivity index is 1.69. The Morgan fingerprint density at radius 1 is 1.29 bits per heavy atom. The van der Waals surface area contributed by atoms with Gasteiger partial charge in [-0.1, -0.05) is 11.6 Å². The number of anilines is 1. The minimum Gasteiger partial charge on any atom is -0.356 e. The molecule has 0 bridgehead atoms. The van der Waals surface area contributed by atoms with E-state index >= 15 is 0 Å². The van der Waals surface area contributed by atoms with Crippen molar-refractivity contribution in [2.24, 2.45) is 4.99 Å². The molecule has 1 aromatic heterocycles. The summed E-state index contributed by atoms with van der Waals surface area (Å²) in [6.07, 6.45) is 0. The van der Waals surface area contributed by atoms with Crippen molar-refractivity contribution >= 4 is 45.8 Å². The van der Waals surface area contributed by atoms with Crippen LogP contribution in [-0.2, 0) is 6.54 Å². The third-order valence-corrected chi connectivity index (χ3v) is 5.38. The lowest BCUT2D eigenvalue weighted by atomic mass is 10.4. The number of thioether (sulfide) groups is 1. The molecule has 2 rings (SSSR count). The van der Waals surface area contributed by atoms with E-state index in [0.717, 1.165) is 34.1 Å². The van der Waals surface area contributed by atoms with Gasteiger partial charge in [0.05, 0.1) is 12.2 Å². The van der Waals surface area contributed by atoms with Gasteiger partial charge in [-0.25, -0.2) is 4.98 Å². The third-order valence-electron chi connectivity index (χ3n) is 3.06. The molecule has 0 radical (unpaired) electrons. The number of nitrogens with zero attached hydrogens (tertiary/aromatic N) is 3. The van der Waals surface area contributed by atoms with E-state index in [9.17, 15) is 0 Å². The molecule has 2 aromatic rings. The molecule has 5 nitrogen and oxygen atoms in total. The van der Waals surface area contributed by atoms with Gasteiger partial charge < -0.3 is 15.5 Å². The van der Waals surface area contributed by atoms with Crippen molar-refractivity contribution < 1.29 is 0 Å². The highest BCUT2D eigenvalue weighted by atomic mass is 35.5. The first-order chi connectivity index (χ1) is 11.6. The molecule has 0 unspecified atom stereocenters. The lowest BCUT2D eigenvalue weighted by molar-refractivity contribution is 0.816. The largest absolute Gasteiger partial charge is 0.356 e. The fourth-order valence-electron chi connectivity index (χ4n) is 1.85. The molecule has 0 amide bonds. The minimum absolute atomic E-state index is 0.661. The second-order valence-electron chi connectivity index (χ2n) is 5.17. The van der Waals surface area contributed by atoms with Crippen LogP contribution in [0.1, 0.15) is 5.69 Å². The van der Waals surface area contributed by atoms with Crippen LogP contribution in [0, 0.1) is 0 Å². The molecular formula is C16H22ClN5S2. The Labute approximate surface area is 156 Å². The first-order valence-corrected chi connectivity index (χ1v) is 9.77. The van der Waals surface area contributed by atoms with Crippen LogP contribution in [-0.4, -0.2) is 44.4 Å². The summed E-state index contributed by atoms with van der Waals surface area (Å²) >= 11 is 9.31. The molecule has 8 heteroatoms. The standard InChI is InChI=1S/C16H22ClN5S2/c1-18-15(20-10-13-11-24-16(21-13)22(2)3)19-8-9-23-14-6-4-12(17)5-7-14/h4-7,11H,8-10H2,1-3H3,(H2,18,19,20). The van der Waals surface area contributed by atoms with E-state index in [2.05, 4.69) is 26.0 Å². The van der Waals surface area contributed by atoms with E-state index in [0.29, 0.717) is 6.54 Å². The van der Waals surface area contributed by atoms with Gasteiger partial charge in [0.25, 0.3) is 0 Å². The van der Waals surface area contributed by atoms with Gasteiger partial charge in [-0.3, -0.25) is 4.99 Å². The molecule has 0 spiro atoms. The topological polar surface area (TPSA) is 52.6 Å². The molecule has 0 saturated heterocycles. The molecule has 0 fully saturated rings. The van der Waals surface area contributed by atoms with Crippen LogP contribution in [0.5, 0.6) is 0 Å². The SMILES string of the molecule is CN=C(NCCSc1ccc(Cl)cc1)NCc1csc(N(C)C)n1. The Bertz CT molecular complexity index is 655. The number of hydrogen-bond donors (Lipinski definition) is 2. The lowest BCUT2D eigenvalue weighted by Gasteiger charge is -2.11. The summed E-state index contributed by atoms with van der Waals surface area (Å²) in [5.41, 5.74) is 1.02. The summed E-state index contributed by atoms with van der Waals surface area (Å²) in [7, 11) is 5.76. The second kappa shape index (κ2) is 9.76. The second-order valence-corrected chi connectivity index (χ2v) is 7.61. The van der Waals surface area contributed by atoms with E-state index in [4.69, 9.17) is 11.6 Å². The zero-order valence-corrected chi connectivity index (χ0v) is 16.4. The first-order valence-electron chi connectivity index (χ1n) is 7.53. The predicted octanol–water partition coefficient (Wildman–Crippen LogP) is 3.32. The molecule has 130 valence electrons. The number of rotatable bonds is 7. The monoisotopic (exact) mass is 383 g/mol. The van der Waals surface area contributed by atoms with Crippen molar-refractivity contribution in [3.8, 4) is 0 Å². The average molecular weight is 384 g/mol. The summed E-state index contributed by atoms with van der Waals surface area (Å²) in [6.45, 7) is 1.49. The molecule has 0 atom stereocenters. The highest BCUT2D eigenvalue weighted by Crippen LogP contribution is 2.19. The van der Waals surface area contributed by atoms with E-state index < -0.39 is 0 Å². The van der Waals surface area contributed by atoms with Crippen molar-refractivity contribution in [2.75, 3.05) is 38.3 Å². The van der Waals surface area contributed by atoms with Crippen molar-refractivity contribution in [3.63, 3.8) is 0 Å². The van der Waals surface area contributed by atoms with Crippen LogP contribution < -0.4 is 15.5 Å². The van der Waals surface area contributed by atoms with Gasteiger partial charge in [0.2, 0.25) is 0 Å². The van der Waals surface area contributed by atoms with Gasteiger partial charge in [0.1, 0.15) is 0 Å². The fourth-order valence-corrected chi connectivity index (χ4v) is 3.50. The Hall–Kier alpha value is -1.44. The number of benzene rings is 1. The van der Waals surface area contributed by atoms with Gasteiger partial charge >= 0.3 is 0 Å². The van der Waals surface area contributed by atoms with Crippen molar-refractivity contribution in [1.29, 1.82) is 0 Å². The Morgan fingerprint density at radius 3 is 2.67 bits per heavy atom. The van der Waals surface area contributed by atoms with Crippen LogP contribution in [0.2, 0.25) is 5.02 Å². The van der Waals surface area contributed by atoms with Crippen LogP contribution in [0.3, 0.4) is 0 Å². The Kier molecular flexibility index (Phi) is 7.68. The van der Waals surface area contributed by atoms with Crippen molar-refractivity contribution in [1.82, 2.24) is 15.6 Å². The number of guanidine groups is 1. The maximum absolute atomic E-state index is 5.88. The number of aromatic nitrogens is 1. The summed E-state index contributed by atoms with van der Waals surface area (Å²) < 4.78 is 0. The van der Waals surface area contributed by atoms with Gasteiger partial charge in [0.15, 0.2) is 11.1 Å². The third kappa shape index (κ3) is 6.22. The van der Waals surface area contributed by atoms with Gasteiger partial charge in [-0.15, -0.1) is 23.1 Å². The minimum atomic E-state index is 0.661. The van der Waals surface area contributed by atoms with E-state index in [1.807, 2.05) is 43.3 Å². The zero-order valence-electron chi connectivity index (χ0n) is 14.0. The van der Waals surface area contributed by atoms with Gasteiger partial charge in [-0.2, -0.15) is 0 Å². The molecule has 0 aliphatic heterocycles. The van der Waals surface area contributed by atoms with E-state index in [1.54, 1.807) is 30.1 Å². The number of thiazole rings is 1. The molecular weight excluding hydrogens is 362 g/mol. The number of nitrogens with one attached hydrogen (secondary N) is 2. The van der Waals surface area contributed by atoms with Gasteiger partial charge in [-0.05, 0) is 24.3 Å². The van der Waals surface area contributed by atoms with Crippen LogP contribution in [0.25, 0.3) is 0 Å². The van der Waals surface area contributed by atoms with Crippen LogP contribution in [0.15, 0.2) is 39.5 Å².